The van der Waals surface area contributed by atoms with E-state index >= 15 is 0 Å². The Morgan fingerprint density at radius 2 is 1.52 bits per heavy atom. The van der Waals surface area contributed by atoms with Gasteiger partial charge in [-0.2, -0.15) is 0 Å². The normalized spacial score (nSPS) is 18.7. The minimum Gasteiger partial charge on any atom is -0.330 e. The van der Waals surface area contributed by atoms with Gasteiger partial charge in [-0.25, -0.2) is 4.79 Å². The van der Waals surface area contributed by atoms with Crippen LogP contribution in [0.4, 0.5) is 0 Å². The van der Waals surface area contributed by atoms with Gasteiger partial charge < -0.3 is 9.74 Å². The fourth-order valence-corrected chi connectivity index (χ4v) is 3.01. The topological polar surface area (TPSA) is 66.9 Å². The van der Waals surface area contributed by atoms with Crippen molar-refractivity contribution in [1.82, 2.24) is 9.96 Å². The Bertz CT molecular complexity index is 586. The number of hydrogen-bond acceptors (Lipinski definition) is 5. The Morgan fingerprint density at radius 1 is 0.957 bits per heavy atom. The zero-order valence-corrected chi connectivity index (χ0v) is 13.0. The highest BCUT2D eigenvalue weighted by Gasteiger charge is 2.38. The monoisotopic (exact) mass is 316 g/mol. The van der Waals surface area contributed by atoms with Gasteiger partial charge >= 0.3 is 5.97 Å². The number of likely N-dealkylation sites (tertiary alicyclic amines) is 1. The molecule has 0 spiro atoms. The lowest BCUT2D eigenvalue weighted by molar-refractivity contribution is -0.168. The van der Waals surface area contributed by atoms with Crippen LogP contribution in [-0.4, -0.2) is 47.4 Å². The van der Waals surface area contributed by atoms with E-state index in [2.05, 4.69) is 4.90 Å². The summed E-state index contributed by atoms with van der Waals surface area (Å²) in [5, 5.41) is 0.579. The van der Waals surface area contributed by atoms with Gasteiger partial charge in [0.25, 0.3) is 11.8 Å². The number of carbonyl (C=O) groups excluding carboxylic acids is 3. The van der Waals surface area contributed by atoms with E-state index in [1.807, 2.05) is 0 Å². The minimum absolute atomic E-state index is 0.174. The quantitative estimate of drug-likeness (QED) is 0.795. The molecule has 122 valence electrons. The molecule has 2 amide bonds. The van der Waals surface area contributed by atoms with Crippen LogP contribution >= 0.6 is 0 Å². The van der Waals surface area contributed by atoms with E-state index < -0.39 is 17.8 Å². The van der Waals surface area contributed by atoms with Crippen molar-refractivity contribution < 1.29 is 19.2 Å². The SMILES string of the molecule is O=C(CCN1CCCCCC1)ON1C(=O)c2ccccc2C1=O. The van der Waals surface area contributed by atoms with Crippen molar-refractivity contribution in [1.29, 1.82) is 0 Å². The van der Waals surface area contributed by atoms with E-state index in [4.69, 9.17) is 4.84 Å². The zero-order chi connectivity index (χ0) is 16.2. The number of carbonyl (C=O) groups is 3. The second kappa shape index (κ2) is 6.91. The third-order valence-electron chi connectivity index (χ3n) is 4.28. The average molecular weight is 316 g/mol. The molecule has 1 aromatic rings. The Morgan fingerprint density at radius 3 is 2.09 bits per heavy atom. The zero-order valence-electron chi connectivity index (χ0n) is 13.0. The van der Waals surface area contributed by atoms with Crippen molar-refractivity contribution in [3.63, 3.8) is 0 Å². The first-order valence-electron chi connectivity index (χ1n) is 8.08. The van der Waals surface area contributed by atoms with Crippen molar-refractivity contribution in [2.75, 3.05) is 19.6 Å². The smallest absolute Gasteiger partial charge is 0.330 e. The van der Waals surface area contributed by atoms with Crippen LogP contribution in [0.25, 0.3) is 0 Å². The van der Waals surface area contributed by atoms with Crippen LogP contribution in [-0.2, 0) is 9.63 Å². The van der Waals surface area contributed by atoms with Crippen LogP contribution in [0.2, 0.25) is 0 Å². The van der Waals surface area contributed by atoms with E-state index in [0.29, 0.717) is 11.6 Å². The summed E-state index contributed by atoms with van der Waals surface area (Å²) in [4.78, 5) is 43.4. The second-order valence-corrected chi connectivity index (χ2v) is 5.92. The van der Waals surface area contributed by atoms with E-state index in [1.54, 1.807) is 24.3 Å². The van der Waals surface area contributed by atoms with Crippen LogP contribution in [0.3, 0.4) is 0 Å². The molecule has 1 aromatic carbocycles. The van der Waals surface area contributed by atoms with Gasteiger partial charge in [-0.15, -0.1) is 0 Å². The number of fused-ring (bicyclic) bond motifs is 1. The number of nitrogens with zero attached hydrogens (tertiary/aromatic N) is 2. The lowest BCUT2D eigenvalue weighted by atomic mass is 10.1. The number of hydrogen-bond donors (Lipinski definition) is 0. The van der Waals surface area contributed by atoms with Crippen molar-refractivity contribution in [3.05, 3.63) is 35.4 Å². The summed E-state index contributed by atoms with van der Waals surface area (Å²) in [7, 11) is 0. The predicted molar refractivity (Wildman–Crippen MR) is 82.6 cm³/mol. The highest BCUT2D eigenvalue weighted by molar-refractivity contribution is 6.20. The van der Waals surface area contributed by atoms with Crippen molar-refractivity contribution >= 4 is 17.8 Å². The predicted octanol–water partition coefficient (Wildman–Crippen LogP) is 2.01. The Kier molecular flexibility index (Phi) is 4.71. The molecule has 0 radical (unpaired) electrons. The average Bonchev–Trinajstić information content (AvgIpc) is 2.77. The number of benzene rings is 1. The summed E-state index contributed by atoms with van der Waals surface area (Å²) in [6, 6.07) is 6.46. The lowest BCUT2D eigenvalue weighted by Gasteiger charge is -2.19. The summed E-state index contributed by atoms with van der Waals surface area (Å²) in [6.07, 6.45) is 4.93. The van der Waals surface area contributed by atoms with Gasteiger partial charge in [0, 0.05) is 6.54 Å². The van der Waals surface area contributed by atoms with Crippen LogP contribution < -0.4 is 0 Å². The first kappa shape index (κ1) is 15.7. The Hall–Kier alpha value is -2.21. The summed E-state index contributed by atoms with van der Waals surface area (Å²) >= 11 is 0. The number of hydroxylamine groups is 2. The van der Waals surface area contributed by atoms with Gasteiger partial charge in [0.05, 0.1) is 17.5 Å². The standard InChI is InChI=1S/C17H20N2O4/c20-15(9-12-18-10-5-1-2-6-11-18)23-19-16(21)13-7-3-4-8-14(13)17(19)22/h3-4,7-8H,1-2,5-6,9-12H2. The van der Waals surface area contributed by atoms with Gasteiger partial charge in [0.2, 0.25) is 0 Å². The molecule has 0 saturated carbocycles. The molecule has 0 aromatic heterocycles. The third kappa shape index (κ3) is 3.42. The molecule has 0 N–H and O–H groups in total. The van der Waals surface area contributed by atoms with Crippen molar-refractivity contribution in [2.24, 2.45) is 0 Å². The largest absolute Gasteiger partial charge is 0.334 e. The first-order chi connectivity index (χ1) is 11.2. The fraction of sp³-hybridized carbons (Fsp3) is 0.471. The minimum atomic E-state index is -0.575. The first-order valence-corrected chi connectivity index (χ1v) is 8.08. The maximum absolute atomic E-state index is 12.1. The Balaban J connectivity index is 1.54. The van der Waals surface area contributed by atoms with Crippen LogP contribution in [0.5, 0.6) is 0 Å². The van der Waals surface area contributed by atoms with Gasteiger partial charge in [-0.05, 0) is 38.1 Å². The number of rotatable bonds is 4. The molecule has 6 nitrogen and oxygen atoms in total. The summed E-state index contributed by atoms with van der Waals surface area (Å²) in [6.45, 7) is 2.57. The molecule has 2 aliphatic rings. The molecule has 0 bridgehead atoms. The molecule has 6 heteroatoms. The van der Waals surface area contributed by atoms with Crippen molar-refractivity contribution in [2.45, 2.75) is 32.1 Å². The molecule has 1 saturated heterocycles. The van der Waals surface area contributed by atoms with E-state index in [1.165, 1.54) is 12.8 Å². The van der Waals surface area contributed by atoms with Crippen LogP contribution in [0, 0.1) is 0 Å². The molecule has 0 unspecified atom stereocenters. The highest BCUT2D eigenvalue weighted by atomic mass is 16.7. The highest BCUT2D eigenvalue weighted by Crippen LogP contribution is 2.22. The molecular formula is C17H20N2O4. The van der Waals surface area contributed by atoms with Gasteiger partial charge in [-0.1, -0.05) is 30.0 Å². The maximum atomic E-state index is 12.1. The Labute approximate surface area is 135 Å². The molecule has 0 aliphatic carbocycles. The molecule has 2 heterocycles. The molecule has 23 heavy (non-hydrogen) atoms. The van der Waals surface area contributed by atoms with Gasteiger partial charge in [0.1, 0.15) is 0 Å². The molecule has 1 fully saturated rings. The van der Waals surface area contributed by atoms with Gasteiger partial charge in [0.15, 0.2) is 0 Å². The third-order valence-corrected chi connectivity index (χ3v) is 4.28. The van der Waals surface area contributed by atoms with Crippen LogP contribution in [0.15, 0.2) is 24.3 Å². The van der Waals surface area contributed by atoms with E-state index in [-0.39, 0.29) is 17.5 Å². The van der Waals surface area contributed by atoms with Crippen LogP contribution in [0.1, 0.15) is 52.8 Å². The molecule has 0 atom stereocenters. The molecule has 3 rings (SSSR count). The summed E-state index contributed by atoms with van der Waals surface area (Å²) in [5.74, 6) is -1.70. The van der Waals surface area contributed by atoms with Gasteiger partial charge in [-0.3, -0.25) is 9.59 Å². The summed E-state index contributed by atoms with van der Waals surface area (Å²) in [5.41, 5.74) is 0.552. The number of imide groups is 1. The van der Waals surface area contributed by atoms with E-state index in [9.17, 15) is 14.4 Å². The number of amides is 2. The molecule has 2 aliphatic heterocycles. The van der Waals surface area contributed by atoms with E-state index in [0.717, 1.165) is 25.9 Å². The second-order valence-electron chi connectivity index (χ2n) is 5.92. The summed E-state index contributed by atoms with van der Waals surface area (Å²) < 4.78 is 0. The van der Waals surface area contributed by atoms with Crippen molar-refractivity contribution in [3.8, 4) is 0 Å². The molecular weight excluding hydrogens is 296 g/mol. The fourth-order valence-electron chi connectivity index (χ4n) is 3.01. The lowest BCUT2D eigenvalue weighted by Crippen LogP contribution is -2.34. The maximum Gasteiger partial charge on any atom is 0.334 e.